The standard InChI is InChI=1S/C15H15ClN2O2S/c16-12-5-3-6-14(9-12)21(19,20)18-10-13(17)8-11-4-1-2-7-15(11)18/h1-7,9,13H,8,10,17H2. The molecule has 21 heavy (non-hydrogen) atoms. The van der Waals surface area contributed by atoms with E-state index in [0.717, 1.165) is 5.56 Å². The summed E-state index contributed by atoms with van der Waals surface area (Å²) in [7, 11) is -3.66. The maximum absolute atomic E-state index is 12.9. The Hall–Kier alpha value is -1.56. The van der Waals surface area contributed by atoms with Crippen LogP contribution in [0.25, 0.3) is 0 Å². The maximum Gasteiger partial charge on any atom is 0.264 e. The number of hydrogen-bond acceptors (Lipinski definition) is 3. The lowest BCUT2D eigenvalue weighted by atomic mass is 10.0. The first kappa shape index (κ1) is 14.4. The molecule has 1 unspecified atom stereocenters. The largest absolute Gasteiger partial charge is 0.326 e. The van der Waals surface area contributed by atoms with E-state index in [2.05, 4.69) is 0 Å². The normalized spacial score (nSPS) is 18.4. The first-order valence-electron chi connectivity index (χ1n) is 6.60. The summed E-state index contributed by atoms with van der Waals surface area (Å²) in [6, 6.07) is 13.5. The van der Waals surface area contributed by atoms with Gasteiger partial charge in [0.2, 0.25) is 0 Å². The van der Waals surface area contributed by atoms with Crippen molar-refractivity contribution < 1.29 is 8.42 Å². The van der Waals surface area contributed by atoms with Crippen LogP contribution < -0.4 is 10.0 Å². The van der Waals surface area contributed by atoms with Crippen molar-refractivity contribution in [2.45, 2.75) is 17.4 Å². The molecule has 1 atom stereocenters. The van der Waals surface area contributed by atoms with Gasteiger partial charge in [-0.15, -0.1) is 0 Å². The van der Waals surface area contributed by atoms with E-state index in [1.807, 2.05) is 24.3 Å². The Morgan fingerprint density at radius 2 is 1.90 bits per heavy atom. The Kier molecular flexibility index (Phi) is 3.65. The van der Waals surface area contributed by atoms with Gasteiger partial charge >= 0.3 is 0 Å². The van der Waals surface area contributed by atoms with Crippen molar-refractivity contribution >= 4 is 27.3 Å². The van der Waals surface area contributed by atoms with E-state index >= 15 is 0 Å². The second kappa shape index (κ2) is 5.33. The van der Waals surface area contributed by atoms with E-state index in [4.69, 9.17) is 17.3 Å². The van der Waals surface area contributed by atoms with Crippen LogP contribution in [0.2, 0.25) is 5.02 Å². The van der Waals surface area contributed by atoms with Gasteiger partial charge in [-0.1, -0.05) is 35.9 Å². The molecule has 1 heterocycles. The molecule has 110 valence electrons. The van der Waals surface area contributed by atoms with Crippen LogP contribution in [-0.2, 0) is 16.4 Å². The quantitative estimate of drug-likeness (QED) is 0.923. The Balaban J connectivity index is 2.11. The molecule has 6 heteroatoms. The lowest BCUT2D eigenvalue weighted by Crippen LogP contribution is -2.46. The molecule has 0 bridgehead atoms. The number of halogens is 1. The minimum atomic E-state index is -3.66. The molecular formula is C15H15ClN2O2S. The Bertz CT molecular complexity index is 777. The van der Waals surface area contributed by atoms with E-state index in [1.165, 1.54) is 10.4 Å². The third-order valence-corrected chi connectivity index (χ3v) is 5.54. The molecular weight excluding hydrogens is 308 g/mol. The van der Waals surface area contributed by atoms with E-state index < -0.39 is 10.0 Å². The molecule has 0 aromatic heterocycles. The predicted octanol–water partition coefficient (Wildman–Crippen LogP) is 2.42. The van der Waals surface area contributed by atoms with Gasteiger partial charge in [0, 0.05) is 17.6 Å². The molecule has 2 aromatic rings. The minimum absolute atomic E-state index is 0.180. The van der Waals surface area contributed by atoms with Crippen LogP contribution in [0, 0.1) is 0 Å². The zero-order valence-corrected chi connectivity index (χ0v) is 12.8. The molecule has 0 radical (unpaired) electrons. The van der Waals surface area contributed by atoms with E-state index in [1.54, 1.807) is 18.2 Å². The average Bonchev–Trinajstić information content (AvgIpc) is 2.46. The van der Waals surface area contributed by atoms with Crippen molar-refractivity contribution in [1.29, 1.82) is 0 Å². The summed E-state index contributed by atoms with van der Waals surface area (Å²) in [5, 5.41) is 0.394. The van der Waals surface area contributed by atoms with Gasteiger partial charge in [-0.05, 0) is 36.2 Å². The van der Waals surface area contributed by atoms with Crippen molar-refractivity contribution in [3.8, 4) is 0 Å². The number of rotatable bonds is 2. The van der Waals surface area contributed by atoms with Crippen molar-refractivity contribution in [1.82, 2.24) is 0 Å². The minimum Gasteiger partial charge on any atom is -0.326 e. The van der Waals surface area contributed by atoms with Crippen LogP contribution in [0.1, 0.15) is 5.56 Å². The van der Waals surface area contributed by atoms with E-state index in [-0.39, 0.29) is 17.5 Å². The number of anilines is 1. The van der Waals surface area contributed by atoms with E-state index in [9.17, 15) is 8.42 Å². The maximum atomic E-state index is 12.9. The van der Waals surface area contributed by atoms with Crippen molar-refractivity contribution in [3.63, 3.8) is 0 Å². The molecule has 0 fully saturated rings. The number of para-hydroxylation sites is 1. The third-order valence-electron chi connectivity index (χ3n) is 3.53. The second-order valence-corrected chi connectivity index (χ2v) is 7.39. The molecule has 0 saturated heterocycles. The lowest BCUT2D eigenvalue weighted by molar-refractivity contribution is 0.575. The second-order valence-electron chi connectivity index (χ2n) is 5.09. The fourth-order valence-electron chi connectivity index (χ4n) is 2.57. The zero-order chi connectivity index (χ0) is 15.0. The van der Waals surface area contributed by atoms with Crippen LogP contribution in [-0.4, -0.2) is 21.0 Å². The molecule has 4 nitrogen and oxygen atoms in total. The molecule has 2 aromatic carbocycles. The molecule has 0 spiro atoms. The molecule has 3 rings (SSSR count). The molecule has 0 amide bonds. The fraction of sp³-hybridized carbons (Fsp3) is 0.200. The summed E-state index contributed by atoms with van der Waals surface area (Å²) < 4.78 is 27.1. The first-order valence-corrected chi connectivity index (χ1v) is 8.42. The number of benzene rings is 2. The van der Waals surface area contributed by atoms with Crippen LogP contribution in [0.3, 0.4) is 0 Å². The molecule has 0 aliphatic carbocycles. The summed E-state index contributed by atoms with van der Waals surface area (Å²) >= 11 is 5.91. The Labute approximate surface area is 129 Å². The predicted molar refractivity (Wildman–Crippen MR) is 84.1 cm³/mol. The van der Waals surface area contributed by atoms with Gasteiger partial charge in [0.05, 0.1) is 10.6 Å². The summed E-state index contributed by atoms with van der Waals surface area (Å²) in [5.41, 5.74) is 7.65. The first-order chi connectivity index (χ1) is 9.98. The lowest BCUT2D eigenvalue weighted by Gasteiger charge is -2.33. The number of fused-ring (bicyclic) bond motifs is 1. The number of nitrogens with zero attached hydrogens (tertiary/aromatic N) is 1. The van der Waals surface area contributed by atoms with Crippen LogP contribution in [0.5, 0.6) is 0 Å². The van der Waals surface area contributed by atoms with Crippen molar-refractivity contribution in [2.24, 2.45) is 5.73 Å². The fourth-order valence-corrected chi connectivity index (χ4v) is 4.43. The van der Waals surface area contributed by atoms with Gasteiger partial charge in [-0.3, -0.25) is 4.31 Å². The number of sulfonamides is 1. The van der Waals surface area contributed by atoms with Gasteiger partial charge in [0.15, 0.2) is 0 Å². The summed E-state index contributed by atoms with van der Waals surface area (Å²) in [6.45, 7) is 0.270. The highest BCUT2D eigenvalue weighted by Crippen LogP contribution is 2.31. The number of hydrogen-bond donors (Lipinski definition) is 1. The van der Waals surface area contributed by atoms with Crippen LogP contribution in [0.4, 0.5) is 5.69 Å². The Morgan fingerprint density at radius 3 is 2.67 bits per heavy atom. The SMILES string of the molecule is NC1Cc2ccccc2N(S(=O)(=O)c2cccc(Cl)c2)C1. The van der Waals surface area contributed by atoms with Gasteiger partial charge < -0.3 is 5.73 Å². The highest BCUT2D eigenvalue weighted by atomic mass is 35.5. The molecule has 2 N–H and O–H groups in total. The van der Waals surface area contributed by atoms with Gasteiger partial charge in [-0.2, -0.15) is 0 Å². The monoisotopic (exact) mass is 322 g/mol. The van der Waals surface area contributed by atoms with E-state index in [0.29, 0.717) is 17.1 Å². The third kappa shape index (κ3) is 2.64. The Morgan fingerprint density at radius 1 is 1.14 bits per heavy atom. The summed E-state index contributed by atoms with van der Waals surface area (Å²) in [4.78, 5) is 0.180. The zero-order valence-electron chi connectivity index (χ0n) is 11.2. The van der Waals surface area contributed by atoms with Gasteiger partial charge in [0.25, 0.3) is 10.0 Å². The summed E-state index contributed by atoms with van der Waals surface area (Å²) in [6.07, 6.45) is 0.678. The summed E-state index contributed by atoms with van der Waals surface area (Å²) in [5.74, 6) is 0. The molecule has 0 saturated carbocycles. The topological polar surface area (TPSA) is 63.4 Å². The van der Waals surface area contributed by atoms with Crippen molar-refractivity contribution in [3.05, 3.63) is 59.1 Å². The van der Waals surface area contributed by atoms with Crippen LogP contribution >= 0.6 is 11.6 Å². The number of nitrogens with two attached hydrogens (primary N) is 1. The van der Waals surface area contributed by atoms with Gasteiger partial charge in [-0.25, -0.2) is 8.42 Å². The molecule has 1 aliphatic heterocycles. The highest BCUT2D eigenvalue weighted by Gasteiger charge is 2.31. The molecule has 1 aliphatic rings. The van der Waals surface area contributed by atoms with Crippen LogP contribution in [0.15, 0.2) is 53.4 Å². The van der Waals surface area contributed by atoms with Crippen molar-refractivity contribution in [2.75, 3.05) is 10.8 Å². The highest BCUT2D eigenvalue weighted by molar-refractivity contribution is 7.92. The smallest absolute Gasteiger partial charge is 0.264 e. The van der Waals surface area contributed by atoms with Gasteiger partial charge in [0.1, 0.15) is 0 Å². The average molecular weight is 323 g/mol.